The molecule has 1 N–H and O–H groups in total. The van der Waals surface area contributed by atoms with Crippen molar-refractivity contribution in [3.63, 3.8) is 0 Å². The molecule has 0 radical (unpaired) electrons. The molecule has 0 unspecified atom stereocenters. The average molecular weight is 397 g/mol. The lowest BCUT2D eigenvalue weighted by Crippen LogP contribution is -2.42. The van der Waals surface area contributed by atoms with Crippen LogP contribution in [-0.4, -0.2) is 51.7 Å². The van der Waals surface area contributed by atoms with Gasteiger partial charge in [0, 0.05) is 31.4 Å². The van der Waals surface area contributed by atoms with Gasteiger partial charge in [-0.15, -0.1) is 5.10 Å². The molecule has 0 aromatic carbocycles. The SMILES string of the molecule is Cc1cccc2cc([C@@H]3c4nc[nH]c4CCN3C(=O)c3nc(Cl)nn3C)nn12. The number of hydrogen-bond acceptors (Lipinski definition) is 5. The fraction of sp³-hybridized carbons (Fsp3) is 0.278. The van der Waals surface area contributed by atoms with Crippen LogP contribution in [0, 0.1) is 6.92 Å². The van der Waals surface area contributed by atoms with Gasteiger partial charge in [0.25, 0.3) is 5.91 Å². The summed E-state index contributed by atoms with van der Waals surface area (Å²) in [5.74, 6) is -0.0664. The molecule has 1 aliphatic heterocycles. The van der Waals surface area contributed by atoms with E-state index in [1.807, 2.05) is 35.7 Å². The van der Waals surface area contributed by atoms with Crippen molar-refractivity contribution in [2.75, 3.05) is 6.54 Å². The van der Waals surface area contributed by atoms with Gasteiger partial charge in [0.05, 0.1) is 23.2 Å². The summed E-state index contributed by atoms with van der Waals surface area (Å²) >= 11 is 5.89. The van der Waals surface area contributed by atoms with Gasteiger partial charge in [0.2, 0.25) is 11.1 Å². The van der Waals surface area contributed by atoms with Crippen LogP contribution in [0.3, 0.4) is 0 Å². The van der Waals surface area contributed by atoms with Crippen LogP contribution in [0.5, 0.6) is 0 Å². The van der Waals surface area contributed by atoms with Gasteiger partial charge >= 0.3 is 0 Å². The number of aryl methyl sites for hydroxylation is 2. The number of hydrogen-bond donors (Lipinski definition) is 1. The molecule has 142 valence electrons. The standard InChI is InChI=1S/C18H17ClN8O/c1-10-4-3-5-11-8-13(23-27(10)11)15-14-12(20-9-21-14)6-7-26(15)17(28)16-22-18(19)24-25(16)2/h3-5,8-9,15H,6-7H2,1-2H3,(H,20,21)/t15-/m1/s1. The number of halogens is 1. The van der Waals surface area contributed by atoms with Gasteiger partial charge < -0.3 is 9.88 Å². The number of imidazole rings is 1. The maximum Gasteiger partial charge on any atom is 0.292 e. The van der Waals surface area contributed by atoms with Crippen molar-refractivity contribution >= 4 is 23.0 Å². The molecular weight excluding hydrogens is 380 g/mol. The normalized spacial score (nSPS) is 16.5. The van der Waals surface area contributed by atoms with E-state index >= 15 is 0 Å². The van der Waals surface area contributed by atoms with Gasteiger partial charge in [-0.25, -0.2) is 14.2 Å². The number of pyridine rings is 1. The highest BCUT2D eigenvalue weighted by Gasteiger charge is 2.37. The van der Waals surface area contributed by atoms with E-state index in [4.69, 9.17) is 16.7 Å². The van der Waals surface area contributed by atoms with E-state index in [2.05, 4.69) is 20.1 Å². The van der Waals surface area contributed by atoms with E-state index in [1.165, 1.54) is 4.68 Å². The molecule has 5 rings (SSSR count). The Hall–Kier alpha value is -3.20. The Bertz CT molecular complexity index is 1210. The average Bonchev–Trinajstić information content (AvgIpc) is 3.38. The summed E-state index contributed by atoms with van der Waals surface area (Å²) in [6.07, 6.45) is 2.33. The number of H-pyrrole nitrogens is 1. The minimum Gasteiger partial charge on any atom is -0.348 e. The molecule has 4 aromatic heterocycles. The van der Waals surface area contributed by atoms with Crippen molar-refractivity contribution < 1.29 is 4.79 Å². The summed E-state index contributed by atoms with van der Waals surface area (Å²) in [4.78, 5) is 26.8. The van der Waals surface area contributed by atoms with Gasteiger partial charge in [-0.05, 0) is 36.7 Å². The maximum atomic E-state index is 13.3. The molecule has 0 fully saturated rings. The van der Waals surface area contributed by atoms with Crippen LogP contribution in [0.2, 0.25) is 5.28 Å². The highest BCUT2D eigenvalue weighted by Crippen LogP contribution is 2.34. The minimum atomic E-state index is -0.419. The van der Waals surface area contributed by atoms with Gasteiger partial charge in [-0.1, -0.05) is 6.07 Å². The van der Waals surface area contributed by atoms with Crippen LogP contribution in [0.25, 0.3) is 5.52 Å². The molecule has 4 aromatic rings. The number of carbonyl (C=O) groups is 1. The molecule has 1 amide bonds. The Labute approximate surface area is 165 Å². The number of fused-ring (bicyclic) bond motifs is 2. The lowest BCUT2D eigenvalue weighted by molar-refractivity contribution is 0.0669. The number of amides is 1. The first-order valence-electron chi connectivity index (χ1n) is 8.88. The first kappa shape index (κ1) is 16.9. The molecule has 10 heteroatoms. The van der Waals surface area contributed by atoms with E-state index in [-0.39, 0.29) is 17.0 Å². The lowest BCUT2D eigenvalue weighted by atomic mass is 9.99. The van der Waals surface area contributed by atoms with Crippen LogP contribution in [0.15, 0.2) is 30.6 Å². The third-order valence-corrected chi connectivity index (χ3v) is 5.25. The molecule has 0 saturated heterocycles. The Morgan fingerprint density at radius 3 is 2.93 bits per heavy atom. The number of aromatic nitrogens is 7. The number of nitrogens with zero attached hydrogens (tertiary/aromatic N) is 7. The van der Waals surface area contributed by atoms with Gasteiger partial charge in [-0.2, -0.15) is 10.1 Å². The minimum absolute atomic E-state index is 0.0447. The largest absolute Gasteiger partial charge is 0.348 e. The Balaban J connectivity index is 1.65. The first-order valence-corrected chi connectivity index (χ1v) is 9.25. The van der Waals surface area contributed by atoms with Crippen LogP contribution < -0.4 is 0 Å². The van der Waals surface area contributed by atoms with Gasteiger partial charge in [-0.3, -0.25) is 4.79 Å². The summed E-state index contributed by atoms with van der Waals surface area (Å²) in [6, 6.07) is 7.55. The molecule has 0 aliphatic carbocycles. The molecule has 0 spiro atoms. The van der Waals surface area contributed by atoms with Crippen molar-refractivity contribution in [1.29, 1.82) is 0 Å². The fourth-order valence-electron chi connectivity index (χ4n) is 3.77. The zero-order valence-corrected chi connectivity index (χ0v) is 16.1. The van der Waals surface area contributed by atoms with Gasteiger partial charge in [0.15, 0.2) is 0 Å². The van der Waals surface area contributed by atoms with E-state index in [0.717, 1.165) is 28.3 Å². The predicted molar refractivity (Wildman–Crippen MR) is 101 cm³/mol. The molecule has 5 heterocycles. The van der Waals surface area contributed by atoms with E-state index in [0.29, 0.717) is 13.0 Å². The molecule has 1 atom stereocenters. The summed E-state index contributed by atoms with van der Waals surface area (Å²) in [5.41, 5.74) is 4.54. The number of carbonyl (C=O) groups excluding carboxylic acids is 1. The fourth-order valence-corrected chi connectivity index (χ4v) is 3.96. The van der Waals surface area contributed by atoms with Gasteiger partial charge in [0.1, 0.15) is 6.04 Å². The smallest absolute Gasteiger partial charge is 0.292 e. The Morgan fingerprint density at radius 2 is 2.18 bits per heavy atom. The topological polar surface area (TPSA) is 97.0 Å². The lowest BCUT2D eigenvalue weighted by Gasteiger charge is -2.33. The van der Waals surface area contributed by atoms with Crippen LogP contribution in [-0.2, 0) is 13.5 Å². The second kappa shape index (κ2) is 6.16. The quantitative estimate of drug-likeness (QED) is 0.558. The summed E-state index contributed by atoms with van der Waals surface area (Å²) in [7, 11) is 1.65. The van der Waals surface area contributed by atoms with E-state index in [9.17, 15) is 4.79 Å². The maximum absolute atomic E-state index is 13.3. The summed E-state index contributed by atoms with van der Waals surface area (Å²) < 4.78 is 3.27. The van der Waals surface area contributed by atoms with Crippen molar-refractivity contribution in [2.45, 2.75) is 19.4 Å². The van der Waals surface area contributed by atoms with E-state index in [1.54, 1.807) is 18.3 Å². The third kappa shape index (κ3) is 2.50. The Morgan fingerprint density at radius 1 is 1.32 bits per heavy atom. The highest BCUT2D eigenvalue weighted by atomic mass is 35.5. The zero-order valence-electron chi connectivity index (χ0n) is 15.3. The number of nitrogens with one attached hydrogen (secondary N) is 1. The van der Waals surface area contributed by atoms with Crippen LogP contribution in [0.4, 0.5) is 0 Å². The van der Waals surface area contributed by atoms with Crippen LogP contribution >= 0.6 is 11.6 Å². The Kier molecular flexibility index (Phi) is 3.73. The van der Waals surface area contributed by atoms with Crippen LogP contribution in [0.1, 0.15) is 39.4 Å². The zero-order chi connectivity index (χ0) is 19.4. The van der Waals surface area contributed by atoms with E-state index < -0.39 is 6.04 Å². The highest BCUT2D eigenvalue weighted by molar-refractivity contribution is 6.28. The first-order chi connectivity index (χ1) is 13.5. The number of aromatic amines is 1. The number of rotatable bonds is 2. The second-order valence-corrected chi connectivity index (χ2v) is 7.16. The molecule has 28 heavy (non-hydrogen) atoms. The van der Waals surface area contributed by atoms with Crippen molar-refractivity contribution in [1.82, 2.24) is 39.2 Å². The second-order valence-electron chi connectivity index (χ2n) is 6.82. The molecule has 0 saturated carbocycles. The summed E-state index contributed by atoms with van der Waals surface area (Å²) in [5, 5.41) is 8.80. The molecular formula is C18H17ClN8O. The van der Waals surface area contributed by atoms with Crippen molar-refractivity contribution in [2.24, 2.45) is 7.05 Å². The molecule has 9 nitrogen and oxygen atoms in total. The summed E-state index contributed by atoms with van der Waals surface area (Å²) in [6.45, 7) is 2.51. The van der Waals surface area contributed by atoms with Crippen molar-refractivity contribution in [3.8, 4) is 0 Å². The third-order valence-electron chi connectivity index (χ3n) is 5.09. The molecule has 1 aliphatic rings. The predicted octanol–water partition coefficient (Wildman–Crippen LogP) is 1.94. The van der Waals surface area contributed by atoms with Crippen molar-refractivity contribution in [3.05, 3.63) is 64.5 Å². The monoisotopic (exact) mass is 396 g/mol. The molecule has 0 bridgehead atoms.